The quantitative estimate of drug-likeness (QED) is 0.788. The first-order valence-corrected chi connectivity index (χ1v) is 7.04. The number of allylic oxidation sites excluding steroid dienone is 2. The molecule has 2 N–H and O–H groups in total. The Bertz CT molecular complexity index is 609. The molecule has 2 aliphatic rings. The number of nitrogens with zero attached hydrogens (tertiary/aromatic N) is 3. The van der Waals surface area contributed by atoms with Crippen molar-refractivity contribution in [2.75, 3.05) is 0 Å². The highest BCUT2D eigenvalue weighted by atomic mass is 16.4. The minimum atomic E-state index is -0.890. The summed E-state index contributed by atoms with van der Waals surface area (Å²) < 4.78 is 1.74. The molecule has 21 heavy (non-hydrogen) atoms. The molecule has 1 fully saturated rings. The van der Waals surface area contributed by atoms with Gasteiger partial charge >= 0.3 is 5.97 Å². The summed E-state index contributed by atoms with van der Waals surface area (Å²) in [6.07, 6.45) is 6.23. The Hall–Kier alpha value is -2.18. The van der Waals surface area contributed by atoms with Gasteiger partial charge < -0.3 is 15.0 Å². The number of aliphatic carboxylic acids is 1. The van der Waals surface area contributed by atoms with Crippen LogP contribution in [0.15, 0.2) is 18.5 Å². The molecule has 1 aromatic heterocycles. The van der Waals surface area contributed by atoms with Crippen molar-refractivity contribution < 1.29 is 14.7 Å². The lowest BCUT2D eigenvalue weighted by molar-refractivity contribution is -0.148. The Morgan fingerprint density at radius 2 is 2.05 bits per heavy atom. The largest absolute Gasteiger partial charge is 0.481 e. The van der Waals surface area contributed by atoms with Gasteiger partial charge in [-0.05, 0) is 25.2 Å². The molecular weight excluding hydrogens is 272 g/mol. The van der Waals surface area contributed by atoms with E-state index >= 15 is 0 Å². The van der Waals surface area contributed by atoms with E-state index in [9.17, 15) is 14.7 Å². The highest BCUT2D eigenvalue weighted by Crippen LogP contribution is 2.48. The molecule has 112 valence electrons. The van der Waals surface area contributed by atoms with Gasteiger partial charge in [0.15, 0.2) is 5.82 Å². The highest BCUT2D eigenvalue weighted by molar-refractivity contribution is 5.87. The van der Waals surface area contributed by atoms with Crippen molar-refractivity contribution in [1.29, 1.82) is 0 Å². The average Bonchev–Trinajstić information content (AvgIpc) is 3.11. The monoisotopic (exact) mass is 290 g/mol. The number of amides is 1. The third kappa shape index (κ3) is 2.22. The summed E-state index contributed by atoms with van der Waals surface area (Å²) in [5.74, 6) is -1.56. The van der Waals surface area contributed by atoms with Crippen LogP contribution < -0.4 is 5.32 Å². The summed E-state index contributed by atoms with van der Waals surface area (Å²) >= 11 is 0. The second-order valence-electron chi connectivity index (χ2n) is 5.87. The molecule has 2 bridgehead atoms. The van der Waals surface area contributed by atoms with Gasteiger partial charge in [-0.1, -0.05) is 12.2 Å². The molecule has 1 heterocycles. The molecule has 0 saturated heterocycles. The fraction of sp³-hybridized carbons (Fsp3) is 0.571. The van der Waals surface area contributed by atoms with Crippen molar-refractivity contribution in [2.45, 2.75) is 19.4 Å². The summed E-state index contributed by atoms with van der Waals surface area (Å²) in [7, 11) is 1.80. The van der Waals surface area contributed by atoms with E-state index in [0.717, 1.165) is 6.42 Å². The SMILES string of the molecule is CC(NC(=O)C1C2C=CC(C2)C1C(=O)O)c1nncn1C. The van der Waals surface area contributed by atoms with E-state index in [1.165, 1.54) is 0 Å². The van der Waals surface area contributed by atoms with Crippen molar-refractivity contribution in [1.82, 2.24) is 20.1 Å². The van der Waals surface area contributed by atoms with Crippen LogP contribution in [0.3, 0.4) is 0 Å². The van der Waals surface area contributed by atoms with Gasteiger partial charge in [0.25, 0.3) is 0 Å². The molecule has 3 rings (SSSR count). The van der Waals surface area contributed by atoms with Crippen LogP contribution in [0, 0.1) is 23.7 Å². The van der Waals surface area contributed by atoms with Crippen molar-refractivity contribution >= 4 is 11.9 Å². The molecule has 7 nitrogen and oxygen atoms in total. The second-order valence-corrected chi connectivity index (χ2v) is 5.87. The average molecular weight is 290 g/mol. The molecule has 0 radical (unpaired) electrons. The Labute approximate surface area is 122 Å². The maximum Gasteiger partial charge on any atom is 0.307 e. The number of carbonyl (C=O) groups excluding carboxylic acids is 1. The zero-order valence-corrected chi connectivity index (χ0v) is 11.9. The van der Waals surface area contributed by atoms with Crippen LogP contribution in [-0.2, 0) is 16.6 Å². The summed E-state index contributed by atoms with van der Waals surface area (Å²) in [5.41, 5.74) is 0. The number of hydrogen-bond donors (Lipinski definition) is 2. The Morgan fingerprint density at radius 3 is 2.62 bits per heavy atom. The molecule has 5 atom stereocenters. The van der Waals surface area contributed by atoms with Crippen LogP contribution >= 0.6 is 0 Å². The van der Waals surface area contributed by atoms with Gasteiger partial charge in [-0.25, -0.2) is 0 Å². The summed E-state index contributed by atoms with van der Waals surface area (Å²) in [6, 6.07) is -0.303. The first-order valence-electron chi connectivity index (χ1n) is 7.04. The summed E-state index contributed by atoms with van der Waals surface area (Å²) in [4.78, 5) is 23.9. The third-order valence-electron chi connectivity index (χ3n) is 4.54. The third-order valence-corrected chi connectivity index (χ3v) is 4.54. The van der Waals surface area contributed by atoms with Gasteiger partial charge in [0.2, 0.25) is 5.91 Å². The Morgan fingerprint density at radius 1 is 1.38 bits per heavy atom. The van der Waals surface area contributed by atoms with Gasteiger partial charge in [-0.2, -0.15) is 0 Å². The van der Waals surface area contributed by atoms with E-state index in [2.05, 4.69) is 15.5 Å². The minimum Gasteiger partial charge on any atom is -0.481 e. The summed E-state index contributed by atoms with van der Waals surface area (Å²) in [6.45, 7) is 1.82. The number of hydrogen-bond acceptors (Lipinski definition) is 4. The predicted octanol–water partition coefficient (Wildman–Crippen LogP) is 0.515. The first-order chi connectivity index (χ1) is 9.99. The zero-order valence-electron chi connectivity index (χ0n) is 11.9. The topological polar surface area (TPSA) is 97.1 Å². The molecule has 5 unspecified atom stereocenters. The second kappa shape index (κ2) is 4.98. The number of carboxylic acids is 1. The molecular formula is C14H18N4O3. The maximum atomic E-state index is 12.5. The highest BCUT2D eigenvalue weighted by Gasteiger charge is 2.51. The lowest BCUT2D eigenvalue weighted by atomic mass is 9.82. The molecule has 0 aromatic carbocycles. The predicted molar refractivity (Wildman–Crippen MR) is 72.9 cm³/mol. The van der Waals surface area contributed by atoms with Crippen molar-refractivity contribution in [3.63, 3.8) is 0 Å². The van der Waals surface area contributed by atoms with Crippen LogP contribution in [0.1, 0.15) is 25.2 Å². The molecule has 1 aromatic rings. The molecule has 7 heteroatoms. The van der Waals surface area contributed by atoms with Crippen LogP contribution in [0.5, 0.6) is 0 Å². The fourth-order valence-electron chi connectivity index (χ4n) is 3.57. The van der Waals surface area contributed by atoms with Gasteiger partial charge in [0, 0.05) is 7.05 Å². The van der Waals surface area contributed by atoms with E-state index in [1.54, 1.807) is 17.9 Å². The standard InChI is InChI=1S/C14H18N4O3/c1-7(12-17-15-6-18(12)2)16-13(19)10-8-3-4-9(5-8)11(10)14(20)21/h3-4,6-11H,5H2,1-2H3,(H,16,19)(H,20,21). The molecule has 1 saturated carbocycles. The number of carboxylic acid groups (broad SMARTS) is 1. The normalized spacial score (nSPS) is 31.3. The zero-order chi connectivity index (χ0) is 15.1. The maximum absolute atomic E-state index is 12.5. The van der Waals surface area contributed by atoms with E-state index < -0.39 is 17.8 Å². The number of carbonyl (C=O) groups is 2. The van der Waals surface area contributed by atoms with Crippen LogP contribution in [0.25, 0.3) is 0 Å². The lowest BCUT2D eigenvalue weighted by Gasteiger charge is -2.25. The number of aryl methyl sites for hydroxylation is 1. The van der Waals surface area contributed by atoms with Crippen LogP contribution in [0.4, 0.5) is 0 Å². The molecule has 0 spiro atoms. The van der Waals surface area contributed by atoms with E-state index in [0.29, 0.717) is 5.82 Å². The van der Waals surface area contributed by atoms with E-state index in [4.69, 9.17) is 0 Å². The van der Waals surface area contributed by atoms with Gasteiger partial charge in [0.1, 0.15) is 6.33 Å². The smallest absolute Gasteiger partial charge is 0.307 e. The Balaban J connectivity index is 1.75. The number of fused-ring (bicyclic) bond motifs is 2. The number of rotatable bonds is 4. The molecule has 2 aliphatic carbocycles. The molecule has 0 aliphatic heterocycles. The Kier molecular flexibility index (Phi) is 3.27. The van der Waals surface area contributed by atoms with Gasteiger partial charge in [-0.15, -0.1) is 10.2 Å². The fourth-order valence-corrected chi connectivity index (χ4v) is 3.57. The van der Waals surface area contributed by atoms with Gasteiger partial charge in [0.05, 0.1) is 17.9 Å². The van der Waals surface area contributed by atoms with E-state index in [1.807, 2.05) is 19.1 Å². The van der Waals surface area contributed by atoms with E-state index in [-0.39, 0.29) is 23.8 Å². The van der Waals surface area contributed by atoms with Crippen molar-refractivity contribution in [3.8, 4) is 0 Å². The van der Waals surface area contributed by atoms with Gasteiger partial charge in [-0.3, -0.25) is 9.59 Å². The summed E-state index contributed by atoms with van der Waals surface area (Å²) in [5, 5.41) is 20.0. The number of nitrogens with one attached hydrogen (secondary N) is 1. The van der Waals surface area contributed by atoms with Crippen molar-refractivity contribution in [3.05, 3.63) is 24.3 Å². The minimum absolute atomic E-state index is 0.0200. The lowest BCUT2D eigenvalue weighted by Crippen LogP contribution is -2.41. The van der Waals surface area contributed by atoms with Crippen LogP contribution in [-0.4, -0.2) is 31.7 Å². The first kappa shape index (κ1) is 13.8. The molecule has 1 amide bonds. The number of aromatic nitrogens is 3. The van der Waals surface area contributed by atoms with Crippen molar-refractivity contribution in [2.24, 2.45) is 30.7 Å². The van der Waals surface area contributed by atoms with Crippen LogP contribution in [0.2, 0.25) is 0 Å².